The number of amides is 1. The van der Waals surface area contributed by atoms with Crippen LogP contribution in [-0.4, -0.2) is 79.5 Å². The molecule has 1 aliphatic carbocycles. The van der Waals surface area contributed by atoms with Crippen LogP contribution in [0.2, 0.25) is 0 Å². The van der Waals surface area contributed by atoms with Gasteiger partial charge in [0.2, 0.25) is 5.95 Å². The molecule has 0 spiro atoms. The number of thiol groups is 1. The Morgan fingerprint density at radius 1 is 1.19 bits per heavy atom. The number of benzene rings is 1. The summed E-state index contributed by atoms with van der Waals surface area (Å²) >= 11 is 7.03. The van der Waals surface area contributed by atoms with Gasteiger partial charge >= 0.3 is 0 Å². The van der Waals surface area contributed by atoms with Crippen molar-refractivity contribution in [2.45, 2.75) is 50.2 Å². The lowest BCUT2D eigenvalue weighted by molar-refractivity contribution is 0.0912. The minimum Gasteiger partial charge on any atom is -0.495 e. The molecular weight excluding hydrogens is 561 g/mol. The molecule has 1 amide bonds. The Balaban J connectivity index is 0.00000186. The molecule has 4 rings (SSSR count). The number of anilines is 3. The Morgan fingerprint density at radius 3 is 2.57 bits per heavy atom. The Bertz CT molecular complexity index is 1060. The van der Waals surface area contributed by atoms with Crippen LogP contribution in [0, 0.1) is 5.82 Å². The third kappa shape index (κ3) is 7.68. The molecule has 1 saturated heterocycles. The van der Waals surface area contributed by atoms with Crippen LogP contribution < -0.4 is 26.0 Å². The predicted molar refractivity (Wildman–Crippen MR) is 153 cm³/mol. The monoisotopic (exact) mass is 597 g/mol. The summed E-state index contributed by atoms with van der Waals surface area (Å²) in [4.78, 5) is 23.9. The number of carbonyl (C=O) groups is 1. The van der Waals surface area contributed by atoms with E-state index in [-0.39, 0.29) is 23.6 Å². The van der Waals surface area contributed by atoms with Crippen molar-refractivity contribution in [1.29, 1.82) is 0 Å². The van der Waals surface area contributed by atoms with Gasteiger partial charge in [0.05, 0.1) is 22.8 Å². The van der Waals surface area contributed by atoms with Gasteiger partial charge in [0, 0.05) is 30.4 Å². The van der Waals surface area contributed by atoms with Crippen molar-refractivity contribution in [2.24, 2.45) is 0 Å². The third-order valence-electron chi connectivity index (χ3n) is 6.79. The summed E-state index contributed by atoms with van der Waals surface area (Å²) in [7, 11) is 5.49. The number of carbonyl (C=O) groups excluding carboxylic acids is 1. The summed E-state index contributed by atoms with van der Waals surface area (Å²) in [6.45, 7) is 1.81. The lowest BCUT2D eigenvalue weighted by atomic mass is 10.0. The van der Waals surface area contributed by atoms with E-state index in [0.717, 1.165) is 49.7 Å². The van der Waals surface area contributed by atoms with Crippen LogP contribution in [0.15, 0.2) is 22.8 Å². The normalized spacial score (nSPS) is 20.1. The lowest BCUT2D eigenvalue weighted by Gasteiger charge is -2.29. The topological polar surface area (TPSA) is 103 Å². The number of likely N-dealkylation sites (N-methyl/N-ethyl adjacent to an activating group) is 1. The highest BCUT2D eigenvalue weighted by Gasteiger charge is 2.27. The summed E-state index contributed by atoms with van der Waals surface area (Å²) in [5.74, 6) is 0.187. The number of nitrogens with one attached hydrogen (secondary N) is 4. The van der Waals surface area contributed by atoms with E-state index in [0.29, 0.717) is 23.3 Å². The van der Waals surface area contributed by atoms with Crippen molar-refractivity contribution < 1.29 is 13.9 Å². The number of aromatic nitrogens is 2. The highest BCUT2D eigenvalue weighted by atomic mass is 79.9. The van der Waals surface area contributed by atoms with Gasteiger partial charge in [-0.05, 0) is 87.5 Å². The van der Waals surface area contributed by atoms with Gasteiger partial charge in [-0.1, -0.05) is 0 Å². The molecule has 9 nitrogen and oxygen atoms in total. The Labute approximate surface area is 232 Å². The summed E-state index contributed by atoms with van der Waals surface area (Å²) in [6, 6.07) is 3.32. The van der Waals surface area contributed by atoms with Crippen LogP contribution in [0.4, 0.5) is 21.8 Å². The molecule has 0 radical (unpaired) electrons. The number of nitrogens with zero attached hydrogens (tertiary/aromatic N) is 3. The number of likely N-dealkylation sites (tertiary alicyclic amines) is 1. The molecule has 2 atom stereocenters. The van der Waals surface area contributed by atoms with E-state index in [1.807, 2.05) is 7.05 Å². The first-order chi connectivity index (χ1) is 17.9. The van der Waals surface area contributed by atoms with Gasteiger partial charge in [0.1, 0.15) is 17.4 Å². The smallest absolute Gasteiger partial charge is 0.254 e. The number of ether oxygens (including phenoxy) is 1. The molecule has 2 aliphatic rings. The second-order valence-electron chi connectivity index (χ2n) is 9.18. The molecule has 0 unspecified atom stereocenters. The van der Waals surface area contributed by atoms with E-state index in [1.165, 1.54) is 19.2 Å². The Hall–Kier alpha value is -2.15. The molecule has 37 heavy (non-hydrogen) atoms. The molecule has 0 bridgehead atoms. The number of hydrogen-bond acceptors (Lipinski definition) is 9. The van der Waals surface area contributed by atoms with E-state index >= 15 is 0 Å². The molecule has 1 aromatic heterocycles. The van der Waals surface area contributed by atoms with Gasteiger partial charge in [-0.3, -0.25) is 4.79 Å². The van der Waals surface area contributed by atoms with Crippen LogP contribution in [0.3, 0.4) is 0 Å². The highest BCUT2D eigenvalue weighted by molar-refractivity contribution is 9.10. The average Bonchev–Trinajstić information content (AvgIpc) is 3.36. The first-order valence-electron chi connectivity index (χ1n) is 12.4. The maximum atomic E-state index is 15.0. The minimum absolute atomic E-state index is 0.0337. The van der Waals surface area contributed by atoms with Gasteiger partial charge in [0.25, 0.3) is 5.91 Å². The maximum Gasteiger partial charge on any atom is 0.254 e. The second kappa shape index (κ2) is 14.1. The maximum absolute atomic E-state index is 15.0. The van der Waals surface area contributed by atoms with Crippen molar-refractivity contribution in [3.05, 3.63) is 34.2 Å². The molecule has 12 heteroatoms. The zero-order valence-corrected chi connectivity index (χ0v) is 24.3. The number of rotatable bonds is 8. The van der Waals surface area contributed by atoms with E-state index < -0.39 is 11.7 Å². The Kier molecular flexibility index (Phi) is 11.2. The molecule has 204 valence electrons. The number of hydrogen-bond donors (Lipinski definition) is 5. The van der Waals surface area contributed by atoms with E-state index in [4.69, 9.17) is 4.74 Å². The van der Waals surface area contributed by atoms with E-state index in [9.17, 15) is 9.18 Å². The third-order valence-corrected chi connectivity index (χ3v) is 7.37. The van der Waals surface area contributed by atoms with Crippen molar-refractivity contribution in [2.75, 3.05) is 51.2 Å². The van der Waals surface area contributed by atoms with Gasteiger partial charge in [-0.25, -0.2) is 9.37 Å². The molecule has 2 aromatic rings. The SMILES string of the molecule is CN[C@@H]1CCC[C@H]1Nc1nc(Nc2cc(F)c(C(=O)NC3CCN(C)CC3)cc2OC)ncc1Br.CS. The van der Waals surface area contributed by atoms with Crippen molar-refractivity contribution >= 4 is 51.9 Å². The molecule has 1 saturated carbocycles. The number of methoxy groups -OCH3 is 1. The standard InChI is InChI=1S/C24H33BrFN7O2.CH4S/c1-27-18-5-4-6-19(18)30-22-16(25)13-28-24(32-22)31-20-12-17(26)15(11-21(20)35-3)23(34)29-14-7-9-33(2)10-8-14;1-2/h11-14,18-19,27H,4-10H2,1-3H3,(H,29,34)(H2,28,30,31,32);2H,1H3/t18-,19-;/m1./s1. The van der Waals surface area contributed by atoms with Gasteiger partial charge in [-0.15, -0.1) is 0 Å². The minimum atomic E-state index is -0.642. The summed E-state index contributed by atoms with van der Waals surface area (Å²) in [5.41, 5.74) is 0.285. The highest BCUT2D eigenvalue weighted by Crippen LogP contribution is 2.32. The largest absolute Gasteiger partial charge is 0.495 e. The number of piperidine rings is 1. The Morgan fingerprint density at radius 2 is 1.89 bits per heavy atom. The van der Waals surface area contributed by atoms with Crippen LogP contribution >= 0.6 is 28.6 Å². The zero-order valence-electron chi connectivity index (χ0n) is 21.8. The second-order valence-corrected chi connectivity index (χ2v) is 10.0. The van der Waals surface area contributed by atoms with Crippen molar-refractivity contribution in [1.82, 2.24) is 25.5 Å². The van der Waals surface area contributed by atoms with Crippen LogP contribution in [-0.2, 0) is 0 Å². The summed E-state index contributed by atoms with van der Waals surface area (Å²) < 4.78 is 21.2. The van der Waals surface area contributed by atoms with E-state index in [1.54, 1.807) is 12.5 Å². The quantitative estimate of drug-likeness (QED) is 0.290. The fraction of sp³-hybridized carbons (Fsp3) is 0.560. The lowest BCUT2D eigenvalue weighted by Crippen LogP contribution is -2.43. The first-order valence-corrected chi connectivity index (χ1v) is 14.1. The first kappa shape index (κ1) is 29.4. The van der Waals surface area contributed by atoms with Crippen LogP contribution in [0.5, 0.6) is 5.75 Å². The molecule has 1 aromatic carbocycles. The number of halogens is 2. The molecular formula is C25H37BrFN7O2S. The molecule has 1 aliphatic heterocycles. The van der Waals surface area contributed by atoms with Gasteiger partial charge in [-0.2, -0.15) is 17.6 Å². The predicted octanol–water partition coefficient (Wildman–Crippen LogP) is 4.05. The zero-order chi connectivity index (χ0) is 26.9. The molecule has 2 heterocycles. The average molecular weight is 599 g/mol. The summed E-state index contributed by atoms with van der Waals surface area (Å²) in [6.07, 6.45) is 8.32. The van der Waals surface area contributed by atoms with E-state index in [2.05, 4.69) is 71.7 Å². The van der Waals surface area contributed by atoms with Gasteiger partial charge in [0.15, 0.2) is 0 Å². The summed E-state index contributed by atoms with van der Waals surface area (Å²) in [5, 5.41) is 12.8. The van der Waals surface area contributed by atoms with Gasteiger partial charge < -0.3 is 30.9 Å². The van der Waals surface area contributed by atoms with Crippen molar-refractivity contribution in [3.63, 3.8) is 0 Å². The fourth-order valence-electron chi connectivity index (χ4n) is 4.71. The van der Waals surface area contributed by atoms with Crippen LogP contribution in [0.1, 0.15) is 42.5 Å². The molecule has 4 N–H and O–H groups in total. The molecule has 2 fully saturated rings. The van der Waals surface area contributed by atoms with Crippen molar-refractivity contribution in [3.8, 4) is 5.75 Å². The van der Waals surface area contributed by atoms with Crippen LogP contribution in [0.25, 0.3) is 0 Å². The fourth-order valence-corrected chi connectivity index (χ4v) is 5.02.